The smallest absolute Gasteiger partial charge is 0.351 e. The number of nitrogens with one attached hydrogen (secondary N) is 2. The maximum Gasteiger partial charge on any atom is 0.416 e. The van der Waals surface area contributed by atoms with Crippen molar-refractivity contribution < 1.29 is 31.9 Å². The van der Waals surface area contributed by atoms with Crippen molar-refractivity contribution in [2.75, 3.05) is 10.2 Å². The number of alkyl halides is 3. The number of nitrogens with zero attached hydrogens (tertiary/aromatic N) is 2. The molecule has 0 radical (unpaired) electrons. The number of rotatable bonds is 10. The largest absolute Gasteiger partial charge is 0.416 e. The Labute approximate surface area is 241 Å². The third-order valence-corrected chi connectivity index (χ3v) is 7.09. The van der Waals surface area contributed by atoms with Crippen LogP contribution in [-0.4, -0.2) is 28.7 Å². The molecule has 4 rings (SSSR count). The third kappa shape index (κ3) is 8.37. The second-order valence-electron chi connectivity index (χ2n) is 10.2. The van der Waals surface area contributed by atoms with Gasteiger partial charge >= 0.3 is 6.18 Å². The van der Waals surface area contributed by atoms with Gasteiger partial charge in [-0.3, -0.25) is 19.3 Å². The van der Waals surface area contributed by atoms with Gasteiger partial charge in [0.1, 0.15) is 17.7 Å². The number of carbonyl (C=O) groups excluding carboxylic acids is 3. The van der Waals surface area contributed by atoms with E-state index in [-0.39, 0.29) is 36.6 Å². The molecular weight excluding hydrogens is 552 g/mol. The van der Waals surface area contributed by atoms with Crippen molar-refractivity contribution in [1.29, 1.82) is 0 Å². The lowest BCUT2D eigenvalue weighted by atomic mass is 9.94. The number of aromatic nitrogens is 1. The van der Waals surface area contributed by atoms with E-state index in [1.807, 2.05) is 0 Å². The van der Waals surface area contributed by atoms with Crippen LogP contribution in [0.5, 0.6) is 0 Å². The van der Waals surface area contributed by atoms with Gasteiger partial charge in [-0.25, -0.2) is 9.37 Å². The molecule has 2 aromatic carbocycles. The highest BCUT2D eigenvalue weighted by Gasteiger charge is 2.36. The molecule has 1 aliphatic carbocycles. The zero-order valence-corrected chi connectivity index (χ0v) is 22.9. The van der Waals surface area contributed by atoms with Crippen molar-refractivity contribution in [3.05, 3.63) is 89.9 Å². The number of halogens is 4. The SMILES string of the molecule is O=C(CCCC(=O)N(c1cccc(C(F)(F)F)c1)[C@H](C(=O)NC1CCCCC1)c1ccc(F)cc1)Nc1ccccn1. The number of carbonyl (C=O) groups is 3. The maximum atomic E-state index is 13.8. The number of pyridine rings is 1. The van der Waals surface area contributed by atoms with Crippen molar-refractivity contribution in [1.82, 2.24) is 10.3 Å². The molecule has 0 unspecified atom stereocenters. The van der Waals surface area contributed by atoms with Crippen LogP contribution in [0.2, 0.25) is 0 Å². The van der Waals surface area contributed by atoms with Crippen molar-refractivity contribution >= 4 is 29.2 Å². The Morgan fingerprint density at radius 2 is 1.67 bits per heavy atom. The van der Waals surface area contributed by atoms with E-state index in [4.69, 9.17) is 0 Å². The minimum Gasteiger partial charge on any atom is -0.351 e. The van der Waals surface area contributed by atoms with E-state index in [0.717, 1.165) is 61.3 Å². The minimum absolute atomic E-state index is 0.0613. The quantitative estimate of drug-likeness (QED) is 0.264. The summed E-state index contributed by atoms with van der Waals surface area (Å²) in [7, 11) is 0. The van der Waals surface area contributed by atoms with Crippen molar-refractivity contribution in [3.63, 3.8) is 0 Å². The molecule has 1 aliphatic rings. The van der Waals surface area contributed by atoms with Crippen LogP contribution in [0.1, 0.15) is 68.5 Å². The average Bonchev–Trinajstić information content (AvgIpc) is 2.97. The summed E-state index contributed by atoms with van der Waals surface area (Å²) in [6, 6.07) is 12.6. The van der Waals surface area contributed by atoms with E-state index in [9.17, 15) is 31.9 Å². The number of anilines is 2. The summed E-state index contributed by atoms with van der Waals surface area (Å²) in [5.41, 5.74) is -0.887. The third-order valence-electron chi connectivity index (χ3n) is 7.09. The fourth-order valence-electron chi connectivity index (χ4n) is 5.02. The predicted octanol–water partition coefficient (Wildman–Crippen LogP) is 6.57. The summed E-state index contributed by atoms with van der Waals surface area (Å²) >= 11 is 0. The molecule has 0 spiro atoms. The molecule has 0 bridgehead atoms. The molecule has 1 fully saturated rings. The Kier molecular flexibility index (Phi) is 10.3. The van der Waals surface area contributed by atoms with Crippen LogP contribution in [-0.2, 0) is 20.6 Å². The topological polar surface area (TPSA) is 91.4 Å². The fourth-order valence-corrected chi connectivity index (χ4v) is 5.02. The van der Waals surface area contributed by atoms with Crippen LogP contribution in [0.15, 0.2) is 72.9 Å². The molecule has 0 aliphatic heterocycles. The zero-order valence-electron chi connectivity index (χ0n) is 22.9. The normalized spacial score (nSPS) is 14.6. The van der Waals surface area contributed by atoms with E-state index in [0.29, 0.717) is 5.82 Å². The molecule has 1 saturated carbocycles. The van der Waals surface area contributed by atoms with Gasteiger partial charge in [-0.2, -0.15) is 13.2 Å². The first kappa shape index (κ1) is 30.7. The van der Waals surface area contributed by atoms with Gasteiger partial charge in [0.2, 0.25) is 17.7 Å². The Hall–Kier alpha value is -4.28. The molecule has 1 aromatic heterocycles. The van der Waals surface area contributed by atoms with E-state index in [1.54, 1.807) is 18.2 Å². The van der Waals surface area contributed by atoms with Crippen molar-refractivity contribution in [3.8, 4) is 0 Å². The lowest BCUT2D eigenvalue weighted by Crippen LogP contribution is -2.47. The van der Waals surface area contributed by atoms with Crippen LogP contribution in [0, 0.1) is 5.82 Å². The molecule has 222 valence electrons. The van der Waals surface area contributed by atoms with Gasteiger partial charge in [0.05, 0.1) is 5.56 Å². The summed E-state index contributed by atoms with van der Waals surface area (Å²) in [6.45, 7) is 0. The predicted molar refractivity (Wildman–Crippen MR) is 150 cm³/mol. The second kappa shape index (κ2) is 14.1. The highest BCUT2D eigenvalue weighted by Crippen LogP contribution is 2.35. The number of hydrogen-bond donors (Lipinski definition) is 2. The molecule has 11 heteroatoms. The maximum absolute atomic E-state index is 13.8. The Morgan fingerprint density at radius 3 is 2.33 bits per heavy atom. The zero-order chi connectivity index (χ0) is 30.1. The fraction of sp³-hybridized carbons (Fsp3) is 0.355. The number of amides is 3. The van der Waals surface area contributed by atoms with Crippen LogP contribution in [0.25, 0.3) is 0 Å². The molecule has 1 heterocycles. The van der Waals surface area contributed by atoms with Crippen LogP contribution < -0.4 is 15.5 Å². The minimum atomic E-state index is -4.69. The van der Waals surface area contributed by atoms with E-state index >= 15 is 0 Å². The van der Waals surface area contributed by atoms with Gasteiger partial charge in [-0.15, -0.1) is 0 Å². The van der Waals surface area contributed by atoms with Crippen LogP contribution in [0.3, 0.4) is 0 Å². The molecule has 1 atom stereocenters. The first-order valence-electron chi connectivity index (χ1n) is 13.9. The van der Waals surface area contributed by atoms with Gasteiger partial charge in [-0.05, 0) is 67.3 Å². The number of benzene rings is 2. The monoisotopic (exact) mass is 584 g/mol. The van der Waals surface area contributed by atoms with Crippen LogP contribution >= 0.6 is 0 Å². The number of hydrogen-bond acceptors (Lipinski definition) is 4. The molecule has 7 nitrogen and oxygen atoms in total. The molecule has 3 amide bonds. The molecule has 42 heavy (non-hydrogen) atoms. The summed E-state index contributed by atoms with van der Waals surface area (Å²) in [4.78, 5) is 45.0. The van der Waals surface area contributed by atoms with E-state index in [2.05, 4.69) is 15.6 Å². The summed E-state index contributed by atoms with van der Waals surface area (Å²) in [5, 5.41) is 5.58. The molecule has 2 N–H and O–H groups in total. The van der Waals surface area contributed by atoms with Gasteiger partial charge in [0, 0.05) is 30.8 Å². The highest BCUT2D eigenvalue weighted by atomic mass is 19.4. The van der Waals surface area contributed by atoms with Gasteiger partial charge in [0.15, 0.2) is 0 Å². The Morgan fingerprint density at radius 1 is 0.929 bits per heavy atom. The standard InChI is InChI=1S/C31H32F4N4O3/c32-23-17-15-21(16-18-23)29(30(42)37-24-9-2-1-3-10-24)39(25-11-6-8-22(20-25)31(33,34)35)28(41)14-7-13-27(40)38-26-12-4-5-19-36-26/h4-6,8,11-12,15-20,24,29H,1-3,7,9-10,13-14H2,(H,37,42)(H,36,38,40)/t29-/m0/s1. The molecular formula is C31H32F4N4O3. The van der Waals surface area contributed by atoms with E-state index < -0.39 is 41.3 Å². The second-order valence-corrected chi connectivity index (χ2v) is 10.2. The van der Waals surface area contributed by atoms with Crippen molar-refractivity contribution in [2.45, 2.75) is 69.6 Å². The lowest BCUT2D eigenvalue weighted by molar-refractivity contribution is -0.137. The Bertz CT molecular complexity index is 1360. The van der Waals surface area contributed by atoms with Gasteiger partial charge in [0.25, 0.3) is 0 Å². The summed E-state index contributed by atoms with van der Waals surface area (Å²) in [5.74, 6) is -1.85. The van der Waals surface area contributed by atoms with Gasteiger partial charge < -0.3 is 10.6 Å². The first-order valence-corrected chi connectivity index (χ1v) is 13.9. The summed E-state index contributed by atoms with van der Waals surface area (Å²) in [6.07, 6.45) is 0.948. The van der Waals surface area contributed by atoms with Gasteiger partial charge in [-0.1, -0.05) is 43.5 Å². The van der Waals surface area contributed by atoms with Crippen LogP contribution in [0.4, 0.5) is 29.1 Å². The molecule has 3 aromatic rings. The highest BCUT2D eigenvalue weighted by molar-refractivity contribution is 6.01. The summed E-state index contributed by atoms with van der Waals surface area (Å²) < 4.78 is 54.8. The molecule has 0 saturated heterocycles. The van der Waals surface area contributed by atoms with E-state index in [1.165, 1.54) is 30.5 Å². The first-order chi connectivity index (χ1) is 20.1. The Balaban J connectivity index is 1.64. The average molecular weight is 585 g/mol. The van der Waals surface area contributed by atoms with Crippen molar-refractivity contribution in [2.24, 2.45) is 0 Å². The lowest BCUT2D eigenvalue weighted by Gasteiger charge is -2.34.